The number of rotatable bonds is 7. The molecule has 1 N–H and O–H groups in total. The fourth-order valence-electron chi connectivity index (χ4n) is 1.75. The Hall–Kier alpha value is -0.930. The molecule has 0 spiro atoms. The molecule has 0 amide bonds. The first-order valence-corrected chi connectivity index (χ1v) is 6.13. The summed E-state index contributed by atoms with van der Waals surface area (Å²) in [6.07, 6.45) is 3.69. The maximum Gasteiger partial charge on any atom is 0.0293 e. The Morgan fingerprint density at radius 3 is 2.44 bits per heavy atom. The maximum absolute atomic E-state index is 4.03. The summed E-state index contributed by atoms with van der Waals surface area (Å²) in [7, 11) is 0. The number of nitrogens with one attached hydrogen (secondary N) is 1. The second-order valence-corrected chi connectivity index (χ2v) is 3.98. The Kier molecular flexibility index (Phi) is 6.04. The van der Waals surface area contributed by atoms with Crippen molar-refractivity contribution in [3.05, 3.63) is 30.1 Å². The zero-order valence-corrected chi connectivity index (χ0v) is 10.6. The number of hydrogen-bond donors (Lipinski definition) is 1. The summed E-state index contributed by atoms with van der Waals surface area (Å²) < 4.78 is 0. The molecule has 0 fully saturated rings. The minimum absolute atomic E-state index is 0.401. The van der Waals surface area contributed by atoms with Crippen molar-refractivity contribution < 1.29 is 0 Å². The molecule has 0 bridgehead atoms. The van der Waals surface area contributed by atoms with Gasteiger partial charge in [-0.05, 0) is 37.7 Å². The van der Waals surface area contributed by atoms with Crippen LogP contribution in [0.2, 0.25) is 0 Å². The molecule has 0 aliphatic carbocycles. The summed E-state index contributed by atoms with van der Waals surface area (Å²) in [5, 5.41) is 3.53. The van der Waals surface area contributed by atoms with Crippen LogP contribution in [-0.4, -0.2) is 36.1 Å². The minimum atomic E-state index is 0.401. The number of aromatic nitrogens is 1. The van der Waals surface area contributed by atoms with E-state index in [0.29, 0.717) is 6.04 Å². The number of hydrogen-bond acceptors (Lipinski definition) is 3. The van der Waals surface area contributed by atoms with Crippen LogP contribution in [0.3, 0.4) is 0 Å². The second kappa shape index (κ2) is 7.36. The summed E-state index contributed by atoms with van der Waals surface area (Å²) in [5.41, 5.74) is 1.30. The number of nitrogens with zero attached hydrogens (tertiary/aromatic N) is 2. The van der Waals surface area contributed by atoms with E-state index in [4.69, 9.17) is 0 Å². The van der Waals surface area contributed by atoms with E-state index in [9.17, 15) is 0 Å². The molecule has 1 aromatic heterocycles. The predicted molar refractivity (Wildman–Crippen MR) is 68.4 cm³/mol. The highest BCUT2D eigenvalue weighted by Crippen LogP contribution is 2.09. The van der Waals surface area contributed by atoms with Gasteiger partial charge in [0.15, 0.2) is 0 Å². The van der Waals surface area contributed by atoms with Crippen molar-refractivity contribution >= 4 is 0 Å². The fourth-order valence-corrected chi connectivity index (χ4v) is 1.75. The van der Waals surface area contributed by atoms with Gasteiger partial charge in [0.25, 0.3) is 0 Å². The largest absolute Gasteiger partial charge is 0.309 e. The van der Waals surface area contributed by atoms with E-state index in [1.165, 1.54) is 5.56 Å². The van der Waals surface area contributed by atoms with Crippen LogP contribution in [-0.2, 0) is 0 Å². The molecule has 1 aromatic rings. The molecule has 90 valence electrons. The van der Waals surface area contributed by atoms with Crippen molar-refractivity contribution in [1.82, 2.24) is 15.2 Å². The first-order valence-electron chi connectivity index (χ1n) is 6.13. The van der Waals surface area contributed by atoms with E-state index < -0.39 is 0 Å². The van der Waals surface area contributed by atoms with Gasteiger partial charge in [-0.1, -0.05) is 13.8 Å². The van der Waals surface area contributed by atoms with Crippen LogP contribution in [0.25, 0.3) is 0 Å². The Balaban J connectivity index is 2.28. The van der Waals surface area contributed by atoms with Crippen molar-refractivity contribution in [3.63, 3.8) is 0 Å². The van der Waals surface area contributed by atoms with Crippen LogP contribution in [0.5, 0.6) is 0 Å². The third-order valence-electron chi connectivity index (χ3n) is 2.98. The van der Waals surface area contributed by atoms with E-state index >= 15 is 0 Å². The van der Waals surface area contributed by atoms with E-state index in [1.807, 2.05) is 12.4 Å². The lowest BCUT2D eigenvalue weighted by molar-refractivity contribution is 0.298. The van der Waals surface area contributed by atoms with Crippen LogP contribution >= 0.6 is 0 Å². The van der Waals surface area contributed by atoms with Gasteiger partial charge in [-0.15, -0.1) is 0 Å². The van der Waals surface area contributed by atoms with Crippen LogP contribution in [0.15, 0.2) is 24.5 Å². The van der Waals surface area contributed by atoms with Crippen LogP contribution < -0.4 is 5.32 Å². The molecule has 3 nitrogen and oxygen atoms in total. The molecule has 0 aliphatic heterocycles. The molecule has 1 heterocycles. The molecule has 3 heteroatoms. The lowest BCUT2D eigenvalue weighted by Crippen LogP contribution is -2.33. The zero-order chi connectivity index (χ0) is 11.8. The third-order valence-corrected chi connectivity index (χ3v) is 2.98. The molecular formula is C13H23N3. The minimum Gasteiger partial charge on any atom is -0.309 e. The van der Waals surface area contributed by atoms with Gasteiger partial charge in [0.1, 0.15) is 0 Å². The van der Waals surface area contributed by atoms with Gasteiger partial charge in [0, 0.05) is 31.5 Å². The molecule has 0 saturated carbocycles. The Morgan fingerprint density at radius 2 is 1.88 bits per heavy atom. The van der Waals surface area contributed by atoms with Gasteiger partial charge in [0.05, 0.1) is 0 Å². The lowest BCUT2D eigenvalue weighted by Gasteiger charge is -2.20. The van der Waals surface area contributed by atoms with Crippen LogP contribution in [0, 0.1) is 0 Å². The van der Waals surface area contributed by atoms with Crippen molar-refractivity contribution in [2.24, 2.45) is 0 Å². The molecule has 1 rings (SSSR count). The highest BCUT2D eigenvalue weighted by atomic mass is 15.1. The summed E-state index contributed by atoms with van der Waals surface area (Å²) in [6, 6.07) is 4.53. The second-order valence-electron chi connectivity index (χ2n) is 3.98. The molecule has 0 radical (unpaired) electrons. The maximum atomic E-state index is 4.03. The standard InChI is InChI=1S/C13H23N3/c1-4-16(5-2)11-10-15-12(3)13-6-8-14-9-7-13/h6-9,12,15H,4-5,10-11H2,1-3H3/t12-/m0/s1. The van der Waals surface area contributed by atoms with Crippen molar-refractivity contribution in [3.8, 4) is 0 Å². The van der Waals surface area contributed by atoms with Gasteiger partial charge in [-0.3, -0.25) is 4.98 Å². The van der Waals surface area contributed by atoms with Crippen LogP contribution in [0.4, 0.5) is 0 Å². The molecule has 0 unspecified atom stereocenters. The topological polar surface area (TPSA) is 28.2 Å². The van der Waals surface area contributed by atoms with Gasteiger partial charge >= 0.3 is 0 Å². The SMILES string of the molecule is CCN(CC)CCN[C@@H](C)c1ccncc1. The average molecular weight is 221 g/mol. The van der Waals surface area contributed by atoms with E-state index in [2.05, 4.69) is 48.1 Å². The zero-order valence-electron chi connectivity index (χ0n) is 10.6. The van der Waals surface area contributed by atoms with Gasteiger partial charge in [-0.2, -0.15) is 0 Å². The molecule has 0 aliphatic rings. The van der Waals surface area contributed by atoms with E-state index in [0.717, 1.165) is 26.2 Å². The first kappa shape index (κ1) is 13.1. The Morgan fingerprint density at radius 1 is 1.25 bits per heavy atom. The van der Waals surface area contributed by atoms with Gasteiger partial charge < -0.3 is 10.2 Å². The fraction of sp³-hybridized carbons (Fsp3) is 0.615. The third kappa shape index (κ3) is 4.29. The quantitative estimate of drug-likeness (QED) is 0.764. The molecular weight excluding hydrogens is 198 g/mol. The summed E-state index contributed by atoms with van der Waals surface area (Å²) in [4.78, 5) is 6.45. The highest BCUT2D eigenvalue weighted by Gasteiger charge is 2.04. The summed E-state index contributed by atoms with van der Waals surface area (Å²) >= 11 is 0. The highest BCUT2D eigenvalue weighted by molar-refractivity contribution is 5.13. The smallest absolute Gasteiger partial charge is 0.0293 e. The van der Waals surface area contributed by atoms with E-state index in [1.54, 1.807) is 0 Å². The lowest BCUT2D eigenvalue weighted by atomic mass is 10.1. The Bertz CT molecular complexity index is 270. The monoisotopic (exact) mass is 221 g/mol. The van der Waals surface area contributed by atoms with Gasteiger partial charge in [-0.25, -0.2) is 0 Å². The number of likely N-dealkylation sites (N-methyl/N-ethyl adjacent to an activating group) is 1. The van der Waals surface area contributed by atoms with Crippen molar-refractivity contribution in [2.75, 3.05) is 26.2 Å². The molecule has 1 atom stereocenters. The van der Waals surface area contributed by atoms with Gasteiger partial charge in [0.2, 0.25) is 0 Å². The van der Waals surface area contributed by atoms with E-state index in [-0.39, 0.29) is 0 Å². The molecule has 0 aromatic carbocycles. The predicted octanol–water partition coefficient (Wildman–Crippen LogP) is 2.07. The molecule has 0 saturated heterocycles. The normalized spacial score (nSPS) is 13.0. The molecule has 16 heavy (non-hydrogen) atoms. The Labute approximate surface area is 98.9 Å². The summed E-state index contributed by atoms with van der Waals surface area (Å²) in [6.45, 7) is 11.0. The first-order chi connectivity index (χ1) is 7.77. The van der Waals surface area contributed by atoms with Crippen molar-refractivity contribution in [2.45, 2.75) is 26.8 Å². The van der Waals surface area contributed by atoms with Crippen LogP contribution in [0.1, 0.15) is 32.4 Å². The summed E-state index contributed by atoms with van der Waals surface area (Å²) in [5.74, 6) is 0. The average Bonchev–Trinajstić information content (AvgIpc) is 2.35. The number of pyridine rings is 1. The van der Waals surface area contributed by atoms with Crippen molar-refractivity contribution in [1.29, 1.82) is 0 Å².